The molecule has 2 heterocycles. The van der Waals surface area contributed by atoms with E-state index < -0.39 is 17.7 Å². The third-order valence-corrected chi connectivity index (χ3v) is 5.13. The Morgan fingerprint density at radius 1 is 1.03 bits per heavy atom. The Hall–Kier alpha value is -3.44. The van der Waals surface area contributed by atoms with Crippen molar-refractivity contribution >= 4 is 34.7 Å². The fourth-order valence-electron chi connectivity index (χ4n) is 3.42. The highest BCUT2D eigenvalue weighted by atomic mass is 35.5. The Bertz CT molecular complexity index is 1110. The molecule has 1 atom stereocenters. The summed E-state index contributed by atoms with van der Waals surface area (Å²) in [6.45, 7) is 1.93. The standard InChI is InChI=1S/C23H17ClN2O3/c1-14-4-6-15(7-5-14)21(27)19-20(16-3-2-12-25-13-16)26(23(29)22(19)28)18-10-8-17(24)9-11-18/h2-13,20,27H,1H3/b21-19-. The van der Waals surface area contributed by atoms with E-state index in [9.17, 15) is 14.7 Å². The summed E-state index contributed by atoms with van der Waals surface area (Å²) >= 11 is 5.98. The van der Waals surface area contributed by atoms with E-state index in [-0.39, 0.29) is 11.3 Å². The van der Waals surface area contributed by atoms with E-state index in [1.807, 2.05) is 19.1 Å². The molecule has 0 bridgehead atoms. The Kier molecular flexibility index (Phi) is 4.91. The molecular formula is C23H17ClN2O3. The molecule has 0 aliphatic carbocycles. The van der Waals surface area contributed by atoms with E-state index in [1.54, 1.807) is 60.9 Å². The molecular weight excluding hydrogens is 388 g/mol. The van der Waals surface area contributed by atoms with Crippen LogP contribution in [0.4, 0.5) is 5.69 Å². The molecule has 6 heteroatoms. The molecule has 2 aromatic carbocycles. The summed E-state index contributed by atoms with van der Waals surface area (Å²) in [5, 5.41) is 11.5. The third-order valence-electron chi connectivity index (χ3n) is 4.87. The number of aliphatic hydroxyl groups excluding tert-OH is 1. The molecule has 29 heavy (non-hydrogen) atoms. The number of nitrogens with zero attached hydrogens (tertiary/aromatic N) is 2. The highest BCUT2D eigenvalue weighted by Crippen LogP contribution is 2.42. The van der Waals surface area contributed by atoms with Crippen LogP contribution in [0.5, 0.6) is 0 Å². The fourth-order valence-corrected chi connectivity index (χ4v) is 3.55. The van der Waals surface area contributed by atoms with E-state index in [0.29, 0.717) is 21.8 Å². The Morgan fingerprint density at radius 3 is 2.34 bits per heavy atom. The van der Waals surface area contributed by atoms with E-state index in [1.165, 1.54) is 4.90 Å². The van der Waals surface area contributed by atoms with Crippen LogP contribution < -0.4 is 4.90 Å². The largest absolute Gasteiger partial charge is 0.507 e. The lowest BCUT2D eigenvalue weighted by atomic mass is 9.96. The first-order valence-corrected chi connectivity index (χ1v) is 9.38. The highest BCUT2D eigenvalue weighted by molar-refractivity contribution is 6.51. The number of aliphatic hydroxyl groups is 1. The van der Waals surface area contributed by atoms with Gasteiger partial charge in [0.05, 0.1) is 11.6 Å². The fraction of sp³-hybridized carbons (Fsp3) is 0.0870. The highest BCUT2D eigenvalue weighted by Gasteiger charge is 2.47. The van der Waals surface area contributed by atoms with Crippen LogP contribution in [0.3, 0.4) is 0 Å². The zero-order chi connectivity index (χ0) is 20.5. The second kappa shape index (κ2) is 7.53. The van der Waals surface area contributed by atoms with Crippen LogP contribution >= 0.6 is 11.6 Å². The summed E-state index contributed by atoms with van der Waals surface area (Å²) in [5.74, 6) is -1.67. The van der Waals surface area contributed by atoms with Gasteiger partial charge in [-0.3, -0.25) is 19.5 Å². The van der Waals surface area contributed by atoms with Gasteiger partial charge in [-0.15, -0.1) is 0 Å². The number of hydrogen-bond acceptors (Lipinski definition) is 4. The lowest BCUT2D eigenvalue weighted by Crippen LogP contribution is -2.29. The Labute approximate surface area is 172 Å². The minimum Gasteiger partial charge on any atom is -0.507 e. The number of anilines is 1. The number of carbonyl (C=O) groups is 2. The summed E-state index contributed by atoms with van der Waals surface area (Å²) in [5.41, 5.74) is 2.65. The molecule has 0 saturated carbocycles. The topological polar surface area (TPSA) is 70.5 Å². The zero-order valence-electron chi connectivity index (χ0n) is 15.5. The number of ketones is 1. The summed E-state index contributed by atoms with van der Waals surface area (Å²) in [4.78, 5) is 31.4. The second-order valence-corrected chi connectivity index (χ2v) is 7.23. The maximum atomic E-state index is 13.0. The van der Waals surface area contributed by atoms with E-state index in [2.05, 4.69) is 4.98 Å². The first-order valence-electron chi connectivity index (χ1n) is 9.01. The van der Waals surface area contributed by atoms with Crippen molar-refractivity contribution < 1.29 is 14.7 Å². The van der Waals surface area contributed by atoms with Gasteiger partial charge in [-0.2, -0.15) is 0 Å². The molecule has 1 aliphatic rings. The first kappa shape index (κ1) is 18.9. The lowest BCUT2D eigenvalue weighted by Gasteiger charge is -2.25. The maximum Gasteiger partial charge on any atom is 0.300 e. The number of aromatic nitrogens is 1. The number of benzene rings is 2. The second-order valence-electron chi connectivity index (χ2n) is 6.80. The van der Waals surface area contributed by atoms with Crippen molar-refractivity contribution in [2.24, 2.45) is 0 Å². The summed E-state index contributed by atoms with van der Waals surface area (Å²) in [7, 11) is 0. The molecule has 5 nitrogen and oxygen atoms in total. The molecule has 0 spiro atoms. The average molecular weight is 405 g/mol. The van der Waals surface area contributed by atoms with Crippen LogP contribution in [0.1, 0.15) is 22.7 Å². The zero-order valence-corrected chi connectivity index (χ0v) is 16.3. The summed E-state index contributed by atoms with van der Waals surface area (Å²) in [6.07, 6.45) is 3.19. The van der Waals surface area contributed by atoms with E-state index in [0.717, 1.165) is 5.56 Å². The Balaban J connectivity index is 1.93. The number of aryl methyl sites for hydroxylation is 1. The van der Waals surface area contributed by atoms with Gasteiger partial charge in [0.2, 0.25) is 0 Å². The van der Waals surface area contributed by atoms with Gasteiger partial charge in [0, 0.05) is 28.7 Å². The van der Waals surface area contributed by atoms with Crippen LogP contribution in [0.25, 0.3) is 5.76 Å². The van der Waals surface area contributed by atoms with Crippen molar-refractivity contribution in [3.8, 4) is 0 Å². The SMILES string of the molecule is Cc1ccc(/C(O)=C2/C(=O)C(=O)N(c3ccc(Cl)cc3)C2c2cccnc2)cc1. The number of Topliss-reactive ketones (excluding diaryl/α,β-unsaturated/α-hetero) is 1. The quantitative estimate of drug-likeness (QED) is 0.391. The maximum absolute atomic E-state index is 13.0. The minimum absolute atomic E-state index is 0.0294. The lowest BCUT2D eigenvalue weighted by molar-refractivity contribution is -0.132. The molecule has 1 unspecified atom stereocenters. The summed E-state index contributed by atoms with van der Waals surface area (Å²) in [6, 6.07) is 16.5. The van der Waals surface area contributed by atoms with Crippen molar-refractivity contribution in [2.45, 2.75) is 13.0 Å². The molecule has 1 aliphatic heterocycles. The van der Waals surface area contributed by atoms with Gasteiger partial charge in [0.25, 0.3) is 11.7 Å². The van der Waals surface area contributed by atoms with Crippen molar-refractivity contribution in [3.05, 3.63) is 100 Å². The number of hydrogen-bond donors (Lipinski definition) is 1. The molecule has 4 rings (SSSR count). The van der Waals surface area contributed by atoms with Gasteiger partial charge >= 0.3 is 0 Å². The van der Waals surface area contributed by atoms with Crippen molar-refractivity contribution in [1.29, 1.82) is 0 Å². The number of rotatable bonds is 3. The predicted octanol–water partition coefficient (Wildman–Crippen LogP) is 4.67. The minimum atomic E-state index is -0.800. The van der Waals surface area contributed by atoms with E-state index >= 15 is 0 Å². The summed E-state index contributed by atoms with van der Waals surface area (Å²) < 4.78 is 0. The van der Waals surface area contributed by atoms with Crippen LogP contribution in [-0.4, -0.2) is 21.8 Å². The normalized spacial score (nSPS) is 18.3. The smallest absolute Gasteiger partial charge is 0.300 e. The van der Waals surface area contributed by atoms with Gasteiger partial charge < -0.3 is 5.11 Å². The number of carbonyl (C=O) groups excluding carboxylic acids is 2. The molecule has 1 aromatic heterocycles. The van der Waals surface area contributed by atoms with Crippen LogP contribution in [0, 0.1) is 6.92 Å². The van der Waals surface area contributed by atoms with Crippen LogP contribution in [0.15, 0.2) is 78.6 Å². The van der Waals surface area contributed by atoms with Gasteiger partial charge in [-0.25, -0.2) is 0 Å². The molecule has 0 radical (unpaired) electrons. The van der Waals surface area contributed by atoms with Crippen molar-refractivity contribution in [2.75, 3.05) is 4.90 Å². The predicted molar refractivity (Wildman–Crippen MR) is 112 cm³/mol. The number of pyridine rings is 1. The first-order chi connectivity index (χ1) is 14.0. The van der Waals surface area contributed by atoms with Crippen LogP contribution in [0.2, 0.25) is 5.02 Å². The molecule has 1 amide bonds. The third kappa shape index (κ3) is 3.41. The molecule has 1 saturated heterocycles. The number of halogens is 1. The average Bonchev–Trinajstić information content (AvgIpc) is 3.00. The van der Waals surface area contributed by atoms with Gasteiger partial charge in [0.1, 0.15) is 5.76 Å². The van der Waals surface area contributed by atoms with Crippen molar-refractivity contribution in [1.82, 2.24) is 4.98 Å². The molecule has 144 valence electrons. The van der Waals surface area contributed by atoms with Gasteiger partial charge in [-0.05, 0) is 42.8 Å². The van der Waals surface area contributed by atoms with Crippen LogP contribution in [-0.2, 0) is 9.59 Å². The molecule has 1 fully saturated rings. The van der Waals surface area contributed by atoms with Gasteiger partial charge in [-0.1, -0.05) is 47.5 Å². The molecule has 3 aromatic rings. The molecule has 1 N–H and O–H groups in total. The number of amides is 1. The van der Waals surface area contributed by atoms with E-state index in [4.69, 9.17) is 11.6 Å². The Morgan fingerprint density at radius 2 is 1.72 bits per heavy atom. The van der Waals surface area contributed by atoms with Crippen molar-refractivity contribution in [3.63, 3.8) is 0 Å². The monoisotopic (exact) mass is 404 g/mol. The van der Waals surface area contributed by atoms with Gasteiger partial charge in [0.15, 0.2) is 0 Å².